The monoisotopic (exact) mass is 757 g/mol. The molecule has 0 spiro atoms. The quantitative estimate of drug-likeness (QED) is 0.0748. The molecule has 0 fully saturated rings. The molecule has 0 aliphatic carbocycles. The molecule has 1 rings (SSSR count). The first-order valence-electron chi connectivity index (χ1n) is 11.5. The summed E-state index contributed by atoms with van der Waals surface area (Å²) in [6, 6.07) is -0.766. The fourth-order valence-electron chi connectivity index (χ4n) is 3.40. The van der Waals surface area contributed by atoms with E-state index < -0.39 is 106 Å². The number of isocyanates is 2. The van der Waals surface area contributed by atoms with Gasteiger partial charge in [0.25, 0.3) is 5.91 Å². The molecule has 0 atom stereocenters. The van der Waals surface area contributed by atoms with Crippen LogP contribution in [-0.2, 0) is 25.0 Å². The van der Waals surface area contributed by atoms with E-state index in [9.17, 15) is 93.8 Å². The predicted octanol–water partition coefficient (Wildman–Crippen LogP) is 7.28. The second-order valence-electron chi connectivity index (χ2n) is 9.08. The first-order valence-corrected chi connectivity index (χ1v) is 11.5. The Morgan fingerprint density at radius 2 is 1.06 bits per heavy atom. The van der Waals surface area contributed by atoms with Crippen molar-refractivity contribution in [1.82, 2.24) is 5.32 Å². The summed E-state index contributed by atoms with van der Waals surface area (Å²) in [6.45, 7) is -0.302. The number of alkyl halides is 19. The van der Waals surface area contributed by atoms with Crippen molar-refractivity contribution in [3.8, 4) is 0 Å². The number of amides is 1. The van der Waals surface area contributed by atoms with Crippen molar-refractivity contribution < 1.29 is 107 Å². The van der Waals surface area contributed by atoms with Gasteiger partial charge < -0.3 is 10.1 Å². The van der Waals surface area contributed by atoms with Crippen molar-refractivity contribution in [2.45, 2.75) is 67.4 Å². The zero-order valence-corrected chi connectivity index (χ0v) is 22.9. The second-order valence-corrected chi connectivity index (χ2v) is 9.08. The minimum Gasteiger partial charge on any atom is -0.445 e. The maximum atomic E-state index is 15.3. The first-order chi connectivity index (χ1) is 21.6. The van der Waals surface area contributed by atoms with Crippen LogP contribution in [0, 0.1) is 6.92 Å². The van der Waals surface area contributed by atoms with Crippen LogP contribution >= 0.6 is 0 Å². The molecule has 0 radical (unpaired) electrons. The summed E-state index contributed by atoms with van der Waals surface area (Å²) in [5.41, 5.74) is -9.88. The van der Waals surface area contributed by atoms with Gasteiger partial charge in [-0.3, -0.25) is 9.59 Å². The fraction of sp³-hybridized carbons (Fsp3) is 0.545. The third-order valence-electron chi connectivity index (χ3n) is 6.04. The van der Waals surface area contributed by atoms with E-state index in [0.717, 1.165) is 0 Å². The van der Waals surface area contributed by atoms with E-state index in [2.05, 4.69) is 14.7 Å². The van der Waals surface area contributed by atoms with Gasteiger partial charge in [-0.05, 0) is 13.0 Å². The van der Waals surface area contributed by atoms with Gasteiger partial charge >= 0.3 is 59.5 Å². The van der Waals surface area contributed by atoms with Gasteiger partial charge in [-0.2, -0.15) is 93.4 Å². The maximum absolute atomic E-state index is 15.3. The Morgan fingerprint density at radius 1 is 0.673 bits per heavy atom. The molecule has 0 saturated carbocycles. The average Bonchev–Trinajstić information content (AvgIpc) is 2.93. The number of ether oxygens (including phenoxy) is 1. The third-order valence-corrected chi connectivity index (χ3v) is 6.04. The lowest BCUT2D eigenvalue weighted by molar-refractivity contribution is -0.469. The Morgan fingerprint density at radius 3 is 1.43 bits per heavy atom. The van der Waals surface area contributed by atoms with Gasteiger partial charge in [-0.25, -0.2) is 9.59 Å². The average molecular weight is 757 g/mol. The van der Waals surface area contributed by atoms with E-state index in [-0.39, 0.29) is 0 Å². The van der Waals surface area contributed by atoms with Crippen LogP contribution in [0.15, 0.2) is 16.1 Å². The Bertz CT molecular complexity index is 1580. The summed E-state index contributed by atoms with van der Waals surface area (Å²) >= 11 is 0. The normalized spacial score (nSPS) is 14.1. The maximum Gasteiger partial charge on any atom is 0.460 e. The van der Waals surface area contributed by atoms with Crippen molar-refractivity contribution in [3.63, 3.8) is 0 Å². The molecule has 0 aliphatic heterocycles. The highest BCUT2D eigenvalue weighted by Crippen LogP contribution is 2.66. The Labute approximate surface area is 256 Å². The molecule has 1 aromatic carbocycles. The summed E-state index contributed by atoms with van der Waals surface area (Å²) in [5, 5.41) is 1.27. The second kappa shape index (κ2) is 12.8. The molecule has 0 aromatic heterocycles. The number of carbonyl (C=O) groups is 2. The number of esters is 1. The highest BCUT2D eigenvalue weighted by atomic mass is 19.4. The summed E-state index contributed by atoms with van der Waals surface area (Å²) < 4.78 is 267. The number of aliphatic imine (C=N–C) groups is 2. The number of carbonyl (C=O) groups excluding carboxylic acids is 4. The summed E-state index contributed by atoms with van der Waals surface area (Å²) in [6.07, 6.45) is -7.05. The number of nitrogens with zero attached hydrogens (tertiary/aromatic N) is 2. The van der Waals surface area contributed by atoms with Crippen molar-refractivity contribution in [3.05, 3.63) is 22.8 Å². The molecule has 1 N–H and O–H groups in total. The van der Waals surface area contributed by atoms with Gasteiger partial charge in [0, 0.05) is 18.1 Å². The highest BCUT2D eigenvalue weighted by molar-refractivity contribution is 6.02. The van der Waals surface area contributed by atoms with Crippen LogP contribution in [0.25, 0.3) is 0 Å². The van der Waals surface area contributed by atoms with Crippen molar-refractivity contribution in [2.24, 2.45) is 9.98 Å². The van der Waals surface area contributed by atoms with Gasteiger partial charge in [-0.15, -0.1) is 0 Å². The number of nitrogens with one attached hydrogen (secondary N) is 1. The Kier molecular flexibility index (Phi) is 11.1. The van der Waals surface area contributed by atoms with Crippen LogP contribution in [-0.4, -0.2) is 78.4 Å². The number of hydrogen-bond acceptors (Lipinski definition) is 7. The van der Waals surface area contributed by atoms with Crippen LogP contribution in [0.1, 0.15) is 28.4 Å². The van der Waals surface area contributed by atoms with Crippen molar-refractivity contribution in [2.75, 3.05) is 6.73 Å². The first kappa shape index (κ1) is 42.6. The van der Waals surface area contributed by atoms with Crippen LogP contribution in [0.4, 0.5) is 94.8 Å². The molecule has 0 heterocycles. The van der Waals surface area contributed by atoms with Crippen LogP contribution < -0.4 is 5.32 Å². The van der Waals surface area contributed by atoms with E-state index in [1.54, 1.807) is 0 Å². The molecule has 0 unspecified atom stereocenters. The van der Waals surface area contributed by atoms with Crippen LogP contribution in [0.5, 0.6) is 0 Å². The molecule has 27 heteroatoms. The van der Waals surface area contributed by atoms with E-state index >= 15 is 8.78 Å². The lowest BCUT2D eigenvalue weighted by Crippen LogP contribution is -2.75. The number of benzene rings is 1. The SMILES string of the molecule is CC(=O)OCNC(=O)c1c(C(F)(F)C(F)(F)C(F)(F)C(F)(F)C(F)(F)C(F)(F)C(F)(F)C(F)(F)C(F)(F)F)cc(N=C=O)c(C)c1N=C=O. The van der Waals surface area contributed by atoms with Gasteiger partial charge in [0.2, 0.25) is 12.2 Å². The molecule has 0 aliphatic rings. The fourth-order valence-corrected chi connectivity index (χ4v) is 3.40. The smallest absolute Gasteiger partial charge is 0.445 e. The van der Waals surface area contributed by atoms with Gasteiger partial charge in [0.05, 0.1) is 16.9 Å². The summed E-state index contributed by atoms with van der Waals surface area (Å²) in [4.78, 5) is 50.1. The van der Waals surface area contributed by atoms with E-state index in [1.165, 1.54) is 5.32 Å². The standard InChI is InChI=1S/C22H10F19N3O5/c1-7-10(42-4-45)3-9(11(12(7)43-5-46)13(48)44-6-49-8(2)47)14(23,24)15(25,26)16(27,28)17(29,30)18(31,32)19(33,34)20(35,36)21(37,38)22(39,40)41/h3H,6H2,1-2H3,(H,44,48). The Balaban J connectivity index is 4.24. The molecular weight excluding hydrogens is 747 g/mol. The molecular formula is C22H10F19N3O5. The molecule has 0 bridgehead atoms. The largest absolute Gasteiger partial charge is 0.460 e. The van der Waals surface area contributed by atoms with E-state index in [0.29, 0.717) is 26.0 Å². The minimum absolute atomic E-state index is 0.483. The van der Waals surface area contributed by atoms with Crippen LogP contribution in [0.3, 0.4) is 0 Å². The van der Waals surface area contributed by atoms with Gasteiger partial charge in [0.1, 0.15) is 0 Å². The lowest BCUT2D eigenvalue weighted by atomic mass is 9.84. The molecule has 1 amide bonds. The van der Waals surface area contributed by atoms with Crippen molar-refractivity contribution >= 4 is 35.4 Å². The highest BCUT2D eigenvalue weighted by Gasteiger charge is 2.96. The summed E-state index contributed by atoms with van der Waals surface area (Å²) in [7, 11) is 0. The number of halogens is 19. The zero-order chi connectivity index (χ0) is 39.2. The van der Waals surface area contributed by atoms with Crippen molar-refractivity contribution in [1.29, 1.82) is 0 Å². The van der Waals surface area contributed by atoms with E-state index in [1.807, 2.05) is 0 Å². The molecule has 1 aromatic rings. The zero-order valence-electron chi connectivity index (χ0n) is 22.9. The molecule has 49 heavy (non-hydrogen) atoms. The minimum atomic E-state index is -9.21. The molecule has 8 nitrogen and oxygen atoms in total. The lowest BCUT2D eigenvalue weighted by Gasteiger charge is -2.44. The number of hydrogen-bond donors (Lipinski definition) is 1. The number of rotatable bonds is 13. The predicted molar refractivity (Wildman–Crippen MR) is 115 cm³/mol. The molecule has 0 saturated heterocycles. The van der Waals surface area contributed by atoms with Crippen LogP contribution in [0.2, 0.25) is 0 Å². The van der Waals surface area contributed by atoms with Gasteiger partial charge in [-0.1, -0.05) is 0 Å². The van der Waals surface area contributed by atoms with E-state index in [4.69, 9.17) is 0 Å². The Hall–Kier alpha value is -4.41. The topological polar surface area (TPSA) is 114 Å². The third kappa shape index (κ3) is 6.28. The molecule has 276 valence electrons. The summed E-state index contributed by atoms with van der Waals surface area (Å²) in [5.74, 6) is -73.4. The van der Waals surface area contributed by atoms with Gasteiger partial charge in [0.15, 0.2) is 6.73 Å².